The van der Waals surface area contributed by atoms with E-state index in [0.29, 0.717) is 5.02 Å². The van der Waals surface area contributed by atoms with Gasteiger partial charge in [-0.05, 0) is 32.0 Å². The molecule has 0 fully saturated rings. The van der Waals surface area contributed by atoms with Gasteiger partial charge in [0.25, 0.3) is 0 Å². The van der Waals surface area contributed by atoms with E-state index in [4.69, 9.17) is 11.6 Å². The first-order valence-electron chi connectivity index (χ1n) is 6.01. The van der Waals surface area contributed by atoms with Crippen molar-refractivity contribution in [2.24, 2.45) is 0 Å². The van der Waals surface area contributed by atoms with Crippen LogP contribution in [0.5, 0.6) is 0 Å². The van der Waals surface area contributed by atoms with Gasteiger partial charge in [-0.2, -0.15) is 5.10 Å². The van der Waals surface area contributed by atoms with Crippen molar-refractivity contribution >= 4 is 11.6 Å². The highest BCUT2D eigenvalue weighted by molar-refractivity contribution is 6.31. The van der Waals surface area contributed by atoms with Gasteiger partial charge in [-0.25, -0.2) is 9.67 Å². The van der Waals surface area contributed by atoms with Crippen molar-refractivity contribution in [2.75, 3.05) is 6.54 Å². The van der Waals surface area contributed by atoms with Crippen molar-refractivity contribution < 1.29 is 0 Å². The number of nitrogens with zero attached hydrogens (tertiary/aromatic N) is 3. The zero-order valence-corrected chi connectivity index (χ0v) is 11.6. The third-order valence-electron chi connectivity index (χ3n) is 2.82. The SMILES string of the molecule is CCNCc1ccc(-n2cc(Cl)c(C)n2)nc1C. The lowest BCUT2D eigenvalue weighted by Crippen LogP contribution is -2.13. The Morgan fingerprint density at radius 2 is 2.06 bits per heavy atom. The summed E-state index contributed by atoms with van der Waals surface area (Å²) in [7, 11) is 0. The molecule has 18 heavy (non-hydrogen) atoms. The molecule has 2 rings (SSSR count). The van der Waals surface area contributed by atoms with Gasteiger partial charge < -0.3 is 5.32 Å². The molecule has 0 unspecified atom stereocenters. The Morgan fingerprint density at radius 3 is 2.61 bits per heavy atom. The van der Waals surface area contributed by atoms with E-state index in [0.717, 1.165) is 30.3 Å². The van der Waals surface area contributed by atoms with E-state index in [1.165, 1.54) is 5.56 Å². The summed E-state index contributed by atoms with van der Waals surface area (Å²) < 4.78 is 1.71. The summed E-state index contributed by atoms with van der Waals surface area (Å²) >= 11 is 6.00. The van der Waals surface area contributed by atoms with Gasteiger partial charge in [0, 0.05) is 12.2 Å². The van der Waals surface area contributed by atoms with Crippen LogP contribution in [-0.2, 0) is 6.54 Å². The number of aromatic nitrogens is 3. The first-order chi connectivity index (χ1) is 8.61. The molecule has 1 N–H and O–H groups in total. The van der Waals surface area contributed by atoms with Crippen LogP contribution in [0.2, 0.25) is 5.02 Å². The average molecular weight is 265 g/mol. The summed E-state index contributed by atoms with van der Waals surface area (Å²) in [5, 5.41) is 8.27. The van der Waals surface area contributed by atoms with Crippen LogP contribution in [0.25, 0.3) is 5.82 Å². The predicted octanol–water partition coefficient (Wildman–Crippen LogP) is 2.65. The van der Waals surface area contributed by atoms with Crippen LogP contribution < -0.4 is 5.32 Å². The fourth-order valence-corrected chi connectivity index (χ4v) is 1.84. The molecule has 2 heterocycles. The fraction of sp³-hybridized carbons (Fsp3) is 0.385. The topological polar surface area (TPSA) is 42.7 Å². The Labute approximate surface area is 112 Å². The molecule has 0 aliphatic heterocycles. The van der Waals surface area contributed by atoms with Gasteiger partial charge in [-0.3, -0.25) is 0 Å². The highest BCUT2D eigenvalue weighted by atomic mass is 35.5. The summed E-state index contributed by atoms with van der Waals surface area (Å²) in [6, 6.07) is 4.04. The van der Waals surface area contributed by atoms with Gasteiger partial charge >= 0.3 is 0 Å². The Morgan fingerprint density at radius 1 is 1.28 bits per heavy atom. The van der Waals surface area contributed by atoms with E-state index in [9.17, 15) is 0 Å². The number of pyridine rings is 1. The van der Waals surface area contributed by atoms with Crippen molar-refractivity contribution in [3.8, 4) is 5.82 Å². The first kappa shape index (κ1) is 13.1. The van der Waals surface area contributed by atoms with Crippen LogP contribution in [0.1, 0.15) is 23.9 Å². The molecule has 0 atom stereocenters. The fourth-order valence-electron chi connectivity index (χ4n) is 1.71. The second-order valence-electron chi connectivity index (χ2n) is 4.20. The van der Waals surface area contributed by atoms with Crippen LogP contribution in [-0.4, -0.2) is 21.3 Å². The minimum absolute atomic E-state index is 0.658. The molecular formula is C13H17ClN4. The van der Waals surface area contributed by atoms with E-state index in [2.05, 4.69) is 28.4 Å². The molecule has 0 aliphatic rings. The highest BCUT2D eigenvalue weighted by Gasteiger charge is 2.07. The summed E-state index contributed by atoms with van der Waals surface area (Å²) in [5.74, 6) is 0.794. The Balaban J connectivity index is 2.28. The normalized spacial score (nSPS) is 10.9. The predicted molar refractivity (Wildman–Crippen MR) is 73.2 cm³/mol. The van der Waals surface area contributed by atoms with Crippen LogP contribution >= 0.6 is 11.6 Å². The maximum absolute atomic E-state index is 6.00. The van der Waals surface area contributed by atoms with Crippen LogP contribution in [0.4, 0.5) is 0 Å². The first-order valence-corrected chi connectivity index (χ1v) is 6.39. The second kappa shape index (κ2) is 5.50. The van der Waals surface area contributed by atoms with E-state index in [-0.39, 0.29) is 0 Å². The molecule has 0 saturated carbocycles. The minimum atomic E-state index is 0.658. The Bertz CT molecular complexity index is 528. The standard InChI is InChI=1S/C13H17ClN4/c1-4-15-7-11-5-6-13(16-9(11)2)18-8-12(14)10(3)17-18/h5-6,8,15H,4,7H2,1-3H3. The Kier molecular flexibility index (Phi) is 3.99. The van der Waals surface area contributed by atoms with Crippen molar-refractivity contribution in [1.82, 2.24) is 20.1 Å². The van der Waals surface area contributed by atoms with Gasteiger partial charge in [0.2, 0.25) is 0 Å². The number of hydrogen-bond acceptors (Lipinski definition) is 3. The summed E-state index contributed by atoms with van der Waals surface area (Å²) in [6.45, 7) is 7.77. The zero-order valence-electron chi connectivity index (χ0n) is 10.9. The Hall–Kier alpha value is -1.39. The molecule has 0 spiro atoms. The molecule has 4 nitrogen and oxygen atoms in total. The van der Waals surface area contributed by atoms with Crippen LogP contribution in [0, 0.1) is 13.8 Å². The number of aryl methyl sites for hydroxylation is 2. The molecule has 0 bridgehead atoms. The number of nitrogens with one attached hydrogen (secondary N) is 1. The van der Waals surface area contributed by atoms with Crippen molar-refractivity contribution in [2.45, 2.75) is 27.3 Å². The lowest BCUT2D eigenvalue weighted by Gasteiger charge is -2.08. The van der Waals surface area contributed by atoms with Gasteiger partial charge in [0.1, 0.15) is 0 Å². The quantitative estimate of drug-likeness (QED) is 0.923. The molecule has 0 saturated heterocycles. The van der Waals surface area contributed by atoms with Crippen LogP contribution in [0.15, 0.2) is 18.3 Å². The van der Waals surface area contributed by atoms with Crippen molar-refractivity contribution in [3.63, 3.8) is 0 Å². The molecule has 2 aromatic rings. The van der Waals surface area contributed by atoms with Gasteiger partial charge in [-0.15, -0.1) is 0 Å². The maximum atomic E-state index is 6.00. The highest BCUT2D eigenvalue weighted by Crippen LogP contribution is 2.16. The smallest absolute Gasteiger partial charge is 0.153 e. The maximum Gasteiger partial charge on any atom is 0.153 e. The number of halogens is 1. The summed E-state index contributed by atoms with van der Waals surface area (Å²) in [4.78, 5) is 4.55. The number of rotatable bonds is 4. The molecule has 2 aromatic heterocycles. The molecule has 0 aliphatic carbocycles. The zero-order chi connectivity index (χ0) is 13.1. The van der Waals surface area contributed by atoms with E-state index in [1.807, 2.05) is 19.9 Å². The lowest BCUT2D eigenvalue weighted by atomic mass is 10.2. The molecular weight excluding hydrogens is 248 g/mol. The molecule has 96 valence electrons. The molecule has 0 radical (unpaired) electrons. The average Bonchev–Trinajstić information content (AvgIpc) is 2.68. The third kappa shape index (κ3) is 2.71. The molecule has 0 aromatic carbocycles. The van der Waals surface area contributed by atoms with Crippen molar-refractivity contribution in [3.05, 3.63) is 40.3 Å². The molecule has 5 heteroatoms. The van der Waals surface area contributed by atoms with E-state index in [1.54, 1.807) is 10.9 Å². The number of hydrogen-bond donors (Lipinski definition) is 1. The van der Waals surface area contributed by atoms with Crippen LogP contribution in [0.3, 0.4) is 0 Å². The minimum Gasteiger partial charge on any atom is -0.313 e. The van der Waals surface area contributed by atoms with Gasteiger partial charge in [0.05, 0.1) is 16.9 Å². The summed E-state index contributed by atoms with van der Waals surface area (Å²) in [6.07, 6.45) is 1.78. The third-order valence-corrected chi connectivity index (χ3v) is 3.19. The van der Waals surface area contributed by atoms with Crippen molar-refractivity contribution in [1.29, 1.82) is 0 Å². The summed E-state index contributed by atoms with van der Waals surface area (Å²) in [5.41, 5.74) is 3.03. The van der Waals surface area contributed by atoms with Gasteiger partial charge in [0.15, 0.2) is 5.82 Å². The van der Waals surface area contributed by atoms with Gasteiger partial charge in [-0.1, -0.05) is 24.6 Å². The largest absolute Gasteiger partial charge is 0.313 e. The monoisotopic (exact) mass is 264 g/mol. The molecule has 0 amide bonds. The van der Waals surface area contributed by atoms with E-state index >= 15 is 0 Å². The second-order valence-corrected chi connectivity index (χ2v) is 4.61. The van der Waals surface area contributed by atoms with E-state index < -0.39 is 0 Å². The lowest BCUT2D eigenvalue weighted by molar-refractivity contribution is 0.717.